The number of ether oxygens (including phenoxy) is 1. The van der Waals surface area contributed by atoms with Crippen LogP contribution >= 0.6 is 0 Å². The van der Waals surface area contributed by atoms with Gasteiger partial charge in [0.1, 0.15) is 12.2 Å². The molecule has 6 heteroatoms. The van der Waals surface area contributed by atoms with Crippen molar-refractivity contribution < 1.29 is 14.3 Å². The van der Waals surface area contributed by atoms with Gasteiger partial charge in [-0.05, 0) is 68.0 Å². The summed E-state index contributed by atoms with van der Waals surface area (Å²) in [7, 11) is 0. The van der Waals surface area contributed by atoms with Crippen molar-refractivity contribution in [1.82, 2.24) is 5.32 Å². The monoisotopic (exact) mass is 409 g/mol. The van der Waals surface area contributed by atoms with Crippen LogP contribution in [0, 0.1) is 0 Å². The molecule has 1 heterocycles. The van der Waals surface area contributed by atoms with Crippen LogP contribution in [0.4, 0.5) is 5.69 Å². The van der Waals surface area contributed by atoms with E-state index >= 15 is 0 Å². The molecule has 160 valence electrons. The zero-order chi connectivity index (χ0) is 21.5. The summed E-state index contributed by atoms with van der Waals surface area (Å²) in [6.07, 6.45) is 1.93. The van der Waals surface area contributed by atoms with E-state index in [4.69, 9.17) is 10.5 Å². The first-order valence-corrected chi connectivity index (χ1v) is 10.6. The molecule has 0 radical (unpaired) electrons. The zero-order valence-corrected chi connectivity index (χ0v) is 17.8. The molecule has 1 unspecified atom stereocenters. The van der Waals surface area contributed by atoms with Crippen LogP contribution in [0.25, 0.3) is 0 Å². The Kier molecular flexibility index (Phi) is 7.33. The van der Waals surface area contributed by atoms with Gasteiger partial charge >= 0.3 is 0 Å². The first-order chi connectivity index (χ1) is 14.5. The van der Waals surface area contributed by atoms with Crippen LogP contribution in [0.5, 0.6) is 5.75 Å². The number of nitrogens with zero attached hydrogens (tertiary/aromatic N) is 1. The molecule has 0 bridgehead atoms. The van der Waals surface area contributed by atoms with Crippen LogP contribution in [0.2, 0.25) is 0 Å². The molecule has 1 aliphatic rings. The van der Waals surface area contributed by atoms with Crippen molar-refractivity contribution in [2.45, 2.75) is 45.1 Å². The Bertz CT molecular complexity index is 841. The molecular weight excluding hydrogens is 378 g/mol. The standard InChI is InChI=1S/C24H31N3O3/c1-3-30-22-10-8-21(9-11-22)27-14-12-20(13-15-27)19-6-4-18(5-7-19)17(2)26-24(29)16-23(25)28/h4-11,17,20H,3,12-16H2,1-2H3,(H2,25,28)(H,26,29). The number of hydrogen-bond acceptors (Lipinski definition) is 4. The van der Waals surface area contributed by atoms with Gasteiger partial charge in [-0.3, -0.25) is 9.59 Å². The highest BCUT2D eigenvalue weighted by Gasteiger charge is 2.21. The fourth-order valence-corrected chi connectivity index (χ4v) is 3.98. The minimum atomic E-state index is -0.619. The van der Waals surface area contributed by atoms with Crippen molar-refractivity contribution >= 4 is 17.5 Å². The number of carbonyl (C=O) groups excluding carboxylic acids is 2. The molecule has 1 aliphatic heterocycles. The van der Waals surface area contributed by atoms with E-state index in [1.165, 1.54) is 11.3 Å². The molecule has 2 aromatic carbocycles. The summed E-state index contributed by atoms with van der Waals surface area (Å²) in [6.45, 7) is 6.64. The third-order valence-electron chi connectivity index (χ3n) is 5.63. The zero-order valence-electron chi connectivity index (χ0n) is 17.8. The number of nitrogens with two attached hydrogens (primary N) is 1. The van der Waals surface area contributed by atoms with Crippen molar-refractivity contribution in [3.05, 3.63) is 59.7 Å². The summed E-state index contributed by atoms with van der Waals surface area (Å²) >= 11 is 0. The largest absolute Gasteiger partial charge is 0.494 e. The first-order valence-electron chi connectivity index (χ1n) is 10.6. The second-order valence-electron chi connectivity index (χ2n) is 7.79. The number of carbonyl (C=O) groups is 2. The third-order valence-corrected chi connectivity index (χ3v) is 5.63. The molecule has 0 aromatic heterocycles. The second kappa shape index (κ2) is 10.1. The van der Waals surface area contributed by atoms with Crippen LogP contribution in [-0.2, 0) is 9.59 Å². The third kappa shape index (κ3) is 5.75. The van der Waals surface area contributed by atoms with Gasteiger partial charge in [0.2, 0.25) is 11.8 Å². The smallest absolute Gasteiger partial charge is 0.229 e. The second-order valence-corrected chi connectivity index (χ2v) is 7.79. The van der Waals surface area contributed by atoms with E-state index in [1.54, 1.807) is 0 Å². The molecule has 1 atom stereocenters. The maximum absolute atomic E-state index is 11.7. The number of primary amides is 1. The number of amides is 2. The highest BCUT2D eigenvalue weighted by Crippen LogP contribution is 2.31. The Balaban J connectivity index is 1.53. The minimum Gasteiger partial charge on any atom is -0.494 e. The molecule has 3 rings (SSSR count). The van der Waals surface area contributed by atoms with Gasteiger partial charge in [-0.1, -0.05) is 24.3 Å². The number of anilines is 1. The van der Waals surface area contributed by atoms with Crippen LogP contribution in [0.3, 0.4) is 0 Å². The molecule has 6 nitrogen and oxygen atoms in total. The average molecular weight is 410 g/mol. The van der Waals surface area contributed by atoms with E-state index in [-0.39, 0.29) is 18.4 Å². The Morgan fingerprint density at radius 3 is 2.30 bits per heavy atom. The van der Waals surface area contributed by atoms with Crippen molar-refractivity contribution in [3.63, 3.8) is 0 Å². The summed E-state index contributed by atoms with van der Waals surface area (Å²) in [5.74, 6) is 0.487. The fourth-order valence-electron chi connectivity index (χ4n) is 3.98. The predicted octanol–water partition coefficient (Wildman–Crippen LogP) is 3.52. The van der Waals surface area contributed by atoms with Crippen LogP contribution in [-0.4, -0.2) is 31.5 Å². The summed E-state index contributed by atoms with van der Waals surface area (Å²) < 4.78 is 5.53. The van der Waals surface area contributed by atoms with Crippen molar-refractivity contribution in [3.8, 4) is 5.75 Å². The van der Waals surface area contributed by atoms with E-state index in [1.807, 2.05) is 26.0 Å². The van der Waals surface area contributed by atoms with Gasteiger partial charge in [0, 0.05) is 18.8 Å². The quantitative estimate of drug-likeness (QED) is 0.654. The van der Waals surface area contributed by atoms with E-state index in [0.29, 0.717) is 12.5 Å². The molecule has 1 saturated heterocycles. The van der Waals surface area contributed by atoms with Gasteiger partial charge in [-0.25, -0.2) is 0 Å². The fraction of sp³-hybridized carbons (Fsp3) is 0.417. The maximum atomic E-state index is 11.7. The van der Waals surface area contributed by atoms with Crippen molar-refractivity contribution in [2.75, 3.05) is 24.6 Å². The number of rotatable bonds is 8. The molecule has 1 fully saturated rings. The molecule has 30 heavy (non-hydrogen) atoms. The van der Waals surface area contributed by atoms with Gasteiger partial charge in [0.05, 0.1) is 12.6 Å². The van der Waals surface area contributed by atoms with Crippen molar-refractivity contribution in [2.24, 2.45) is 5.73 Å². The lowest BCUT2D eigenvalue weighted by molar-refractivity contribution is -0.128. The summed E-state index contributed by atoms with van der Waals surface area (Å²) in [6, 6.07) is 16.6. The minimum absolute atomic E-state index is 0.160. The first kappa shape index (κ1) is 21.7. The lowest BCUT2D eigenvalue weighted by atomic mass is 9.88. The highest BCUT2D eigenvalue weighted by atomic mass is 16.5. The molecule has 3 N–H and O–H groups in total. The topological polar surface area (TPSA) is 84.7 Å². The lowest BCUT2D eigenvalue weighted by Crippen LogP contribution is -2.32. The summed E-state index contributed by atoms with van der Waals surface area (Å²) in [5, 5.41) is 2.81. The summed E-state index contributed by atoms with van der Waals surface area (Å²) in [5.41, 5.74) is 8.66. The number of hydrogen-bond donors (Lipinski definition) is 2. The van der Waals surface area contributed by atoms with Crippen molar-refractivity contribution in [1.29, 1.82) is 0 Å². The average Bonchev–Trinajstić information content (AvgIpc) is 2.74. The van der Waals surface area contributed by atoms with E-state index in [0.717, 1.165) is 37.2 Å². The van der Waals surface area contributed by atoms with Crippen LogP contribution in [0.15, 0.2) is 48.5 Å². The SMILES string of the molecule is CCOc1ccc(N2CCC(c3ccc(C(C)NC(=O)CC(N)=O)cc3)CC2)cc1. The van der Waals surface area contributed by atoms with Gasteiger partial charge in [-0.15, -0.1) is 0 Å². The van der Waals surface area contributed by atoms with Crippen LogP contribution in [0.1, 0.15) is 56.2 Å². The van der Waals surface area contributed by atoms with Gasteiger partial charge in [0.25, 0.3) is 0 Å². The molecule has 0 spiro atoms. The van der Waals surface area contributed by atoms with Gasteiger partial charge in [-0.2, -0.15) is 0 Å². The Morgan fingerprint density at radius 2 is 1.73 bits per heavy atom. The Labute approximate surface area is 178 Å². The summed E-state index contributed by atoms with van der Waals surface area (Å²) in [4.78, 5) is 25.0. The Hall–Kier alpha value is -3.02. The van der Waals surface area contributed by atoms with E-state index in [9.17, 15) is 9.59 Å². The Morgan fingerprint density at radius 1 is 1.10 bits per heavy atom. The number of piperidine rings is 1. The molecule has 0 saturated carbocycles. The molecule has 2 aromatic rings. The molecule has 0 aliphatic carbocycles. The van der Waals surface area contributed by atoms with E-state index in [2.05, 4.69) is 46.6 Å². The normalized spacial score (nSPS) is 15.5. The maximum Gasteiger partial charge on any atom is 0.229 e. The predicted molar refractivity (Wildman–Crippen MR) is 119 cm³/mol. The number of benzene rings is 2. The molecular formula is C24H31N3O3. The van der Waals surface area contributed by atoms with Gasteiger partial charge < -0.3 is 20.7 Å². The lowest BCUT2D eigenvalue weighted by Gasteiger charge is -2.34. The molecule has 2 amide bonds. The van der Waals surface area contributed by atoms with Crippen LogP contribution < -0.4 is 20.7 Å². The number of nitrogens with one attached hydrogen (secondary N) is 1. The highest BCUT2D eigenvalue weighted by molar-refractivity contribution is 5.96. The van der Waals surface area contributed by atoms with Gasteiger partial charge in [0.15, 0.2) is 0 Å². The van der Waals surface area contributed by atoms with E-state index < -0.39 is 5.91 Å².